The zero-order chi connectivity index (χ0) is 17.7. The number of anilines is 2. The van der Waals surface area contributed by atoms with Crippen LogP contribution in [0.2, 0.25) is 0 Å². The van der Waals surface area contributed by atoms with Crippen molar-refractivity contribution in [2.75, 3.05) is 16.8 Å². The van der Waals surface area contributed by atoms with Gasteiger partial charge in [0.05, 0.1) is 11.6 Å². The molecule has 2 amide bonds. The molecule has 24 heavy (non-hydrogen) atoms. The summed E-state index contributed by atoms with van der Waals surface area (Å²) in [6.07, 6.45) is 0. The Hall–Kier alpha value is -3.13. The molecule has 0 aliphatic heterocycles. The summed E-state index contributed by atoms with van der Waals surface area (Å²) in [5, 5.41) is 11.6. The van der Waals surface area contributed by atoms with Crippen molar-refractivity contribution in [2.24, 2.45) is 0 Å². The highest BCUT2D eigenvalue weighted by Crippen LogP contribution is 2.19. The van der Waals surface area contributed by atoms with E-state index in [0.717, 1.165) is 11.1 Å². The van der Waals surface area contributed by atoms with Crippen LogP contribution in [0.15, 0.2) is 42.5 Å². The fraction of sp³-hybridized carbons (Fsp3) is 0.211. The molecular weight excluding hydrogens is 302 g/mol. The number of carbonyl (C=O) groups is 2. The van der Waals surface area contributed by atoms with Crippen molar-refractivity contribution >= 4 is 23.2 Å². The number of benzene rings is 2. The third-order valence-corrected chi connectivity index (χ3v) is 3.48. The van der Waals surface area contributed by atoms with Gasteiger partial charge in [0.25, 0.3) is 0 Å². The number of aryl methyl sites for hydroxylation is 2. The molecule has 0 radical (unpaired) electrons. The molecule has 2 rings (SSSR count). The van der Waals surface area contributed by atoms with Crippen LogP contribution >= 0.6 is 0 Å². The number of hydrogen-bond donors (Lipinski definition) is 1. The largest absolute Gasteiger partial charge is 0.324 e. The van der Waals surface area contributed by atoms with Gasteiger partial charge >= 0.3 is 0 Å². The maximum absolute atomic E-state index is 12.3. The summed E-state index contributed by atoms with van der Waals surface area (Å²) in [4.78, 5) is 25.7. The van der Waals surface area contributed by atoms with Crippen LogP contribution in [-0.4, -0.2) is 18.4 Å². The van der Waals surface area contributed by atoms with Gasteiger partial charge in [-0.25, -0.2) is 0 Å². The van der Waals surface area contributed by atoms with Crippen LogP contribution < -0.4 is 10.2 Å². The number of amides is 2. The van der Waals surface area contributed by atoms with E-state index in [2.05, 4.69) is 5.32 Å². The average Bonchev–Trinajstić information content (AvgIpc) is 2.51. The second-order valence-corrected chi connectivity index (χ2v) is 5.69. The summed E-state index contributed by atoms with van der Waals surface area (Å²) >= 11 is 0. The minimum absolute atomic E-state index is 0.0883. The summed E-state index contributed by atoms with van der Waals surface area (Å²) in [6.45, 7) is 5.24. The average molecular weight is 321 g/mol. The maximum atomic E-state index is 12.3. The van der Waals surface area contributed by atoms with Crippen molar-refractivity contribution < 1.29 is 9.59 Å². The van der Waals surface area contributed by atoms with Gasteiger partial charge < -0.3 is 10.2 Å². The first-order valence-corrected chi connectivity index (χ1v) is 7.55. The molecule has 0 unspecified atom stereocenters. The first kappa shape index (κ1) is 17.2. The van der Waals surface area contributed by atoms with Gasteiger partial charge in [0, 0.05) is 18.3 Å². The molecule has 0 atom stereocenters. The van der Waals surface area contributed by atoms with Crippen molar-refractivity contribution in [2.45, 2.75) is 20.8 Å². The standard InChI is InChI=1S/C19H19N3O2/c1-13-7-14(2)9-18(8-13)22(15(3)23)12-19(24)21-17-6-4-5-16(10-17)11-20/h4-10H,12H2,1-3H3,(H,21,24). The molecule has 2 aromatic rings. The van der Waals surface area contributed by atoms with Crippen molar-refractivity contribution in [1.82, 2.24) is 0 Å². The Morgan fingerprint density at radius 2 is 1.79 bits per heavy atom. The van der Waals surface area contributed by atoms with Crippen LogP contribution in [0, 0.1) is 25.2 Å². The number of nitrogens with one attached hydrogen (secondary N) is 1. The number of hydrogen-bond acceptors (Lipinski definition) is 3. The van der Waals surface area contributed by atoms with E-state index in [1.54, 1.807) is 24.3 Å². The molecule has 5 heteroatoms. The lowest BCUT2D eigenvalue weighted by atomic mass is 10.1. The third-order valence-electron chi connectivity index (χ3n) is 3.48. The second-order valence-electron chi connectivity index (χ2n) is 5.69. The molecule has 0 fully saturated rings. The summed E-state index contributed by atoms with van der Waals surface area (Å²) in [5.74, 6) is -0.527. The van der Waals surface area contributed by atoms with E-state index in [1.807, 2.05) is 38.1 Å². The highest BCUT2D eigenvalue weighted by molar-refractivity contribution is 6.01. The zero-order valence-corrected chi connectivity index (χ0v) is 14.0. The fourth-order valence-corrected chi connectivity index (χ4v) is 2.50. The van der Waals surface area contributed by atoms with Crippen molar-refractivity contribution in [1.29, 1.82) is 5.26 Å². The monoisotopic (exact) mass is 321 g/mol. The summed E-state index contributed by atoms with van der Waals surface area (Å²) in [7, 11) is 0. The Morgan fingerprint density at radius 1 is 1.12 bits per heavy atom. The van der Waals surface area contributed by atoms with Gasteiger partial charge in [-0.05, 0) is 55.3 Å². The van der Waals surface area contributed by atoms with Crippen LogP contribution in [0.5, 0.6) is 0 Å². The molecule has 0 aliphatic rings. The van der Waals surface area contributed by atoms with Crippen LogP contribution in [0.4, 0.5) is 11.4 Å². The van der Waals surface area contributed by atoms with Crippen molar-refractivity contribution in [3.63, 3.8) is 0 Å². The van der Waals surface area contributed by atoms with E-state index < -0.39 is 0 Å². The minimum atomic E-state index is -0.320. The first-order chi connectivity index (χ1) is 11.4. The second kappa shape index (κ2) is 7.42. The molecule has 2 aromatic carbocycles. The highest BCUT2D eigenvalue weighted by atomic mass is 16.2. The van der Waals surface area contributed by atoms with Gasteiger partial charge in [-0.15, -0.1) is 0 Å². The number of nitrogens with zero attached hydrogens (tertiary/aromatic N) is 2. The zero-order valence-electron chi connectivity index (χ0n) is 14.0. The summed E-state index contributed by atoms with van der Waals surface area (Å²) in [6, 6.07) is 14.4. The van der Waals surface area contributed by atoms with Gasteiger partial charge in [-0.1, -0.05) is 12.1 Å². The SMILES string of the molecule is CC(=O)N(CC(=O)Nc1cccc(C#N)c1)c1cc(C)cc(C)c1. The molecule has 0 aliphatic carbocycles. The van der Waals surface area contributed by atoms with Gasteiger partial charge in [-0.2, -0.15) is 5.26 Å². The van der Waals surface area contributed by atoms with Crippen molar-refractivity contribution in [3.8, 4) is 6.07 Å². The van der Waals surface area contributed by atoms with E-state index >= 15 is 0 Å². The molecule has 1 N–H and O–H groups in total. The Morgan fingerprint density at radius 3 is 2.38 bits per heavy atom. The van der Waals surface area contributed by atoms with Crippen LogP contribution in [0.25, 0.3) is 0 Å². The van der Waals surface area contributed by atoms with Crippen LogP contribution in [0.3, 0.4) is 0 Å². The molecule has 5 nitrogen and oxygen atoms in total. The highest BCUT2D eigenvalue weighted by Gasteiger charge is 2.16. The molecule has 122 valence electrons. The molecule has 0 spiro atoms. The normalized spacial score (nSPS) is 9.92. The van der Waals surface area contributed by atoms with Crippen LogP contribution in [-0.2, 0) is 9.59 Å². The fourth-order valence-electron chi connectivity index (χ4n) is 2.50. The van der Waals surface area contributed by atoms with Gasteiger partial charge in [-0.3, -0.25) is 9.59 Å². The number of carbonyl (C=O) groups excluding carboxylic acids is 2. The molecular formula is C19H19N3O2. The lowest BCUT2D eigenvalue weighted by Crippen LogP contribution is -2.36. The summed E-state index contributed by atoms with van der Waals surface area (Å²) in [5.41, 5.74) is 3.74. The smallest absolute Gasteiger partial charge is 0.244 e. The van der Waals surface area contributed by atoms with Gasteiger partial charge in [0.1, 0.15) is 6.54 Å². The third kappa shape index (κ3) is 4.43. The predicted molar refractivity (Wildman–Crippen MR) is 93.7 cm³/mol. The van der Waals surface area contributed by atoms with Gasteiger partial charge in [0.15, 0.2) is 0 Å². The first-order valence-electron chi connectivity index (χ1n) is 7.55. The Kier molecular flexibility index (Phi) is 5.33. The van der Waals surface area contributed by atoms with Gasteiger partial charge in [0.2, 0.25) is 11.8 Å². The Balaban J connectivity index is 2.17. The van der Waals surface area contributed by atoms with E-state index in [4.69, 9.17) is 5.26 Å². The van der Waals surface area contributed by atoms with E-state index in [1.165, 1.54) is 11.8 Å². The van der Waals surface area contributed by atoms with Crippen molar-refractivity contribution in [3.05, 3.63) is 59.2 Å². The topological polar surface area (TPSA) is 73.2 Å². The molecule has 0 saturated heterocycles. The Labute approximate surface area is 141 Å². The number of nitriles is 1. The van der Waals surface area contributed by atoms with E-state index in [-0.39, 0.29) is 18.4 Å². The van der Waals surface area contributed by atoms with Crippen LogP contribution in [0.1, 0.15) is 23.6 Å². The lowest BCUT2D eigenvalue weighted by Gasteiger charge is -2.21. The quantitative estimate of drug-likeness (QED) is 0.940. The maximum Gasteiger partial charge on any atom is 0.244 e. The number of rotatable bonds is 4. The molecule has 0 aromatic heterocycles. The Bertz CT molecular complexity index is 801. The molecule has 0 saturated carbocycles. The molecule has 0 bridgehead atoms. The lowest BCUT2D eigenvalue weighted by molar-refractivity contribution is -0.120. The minimum Gasteiger partial charge on any atom is -0.324 e. The molecule has 0 heterocycles. The summed E-state index contributed by atoms with van der Waals surface area (Å²) < 4.78 is 0. The van der Waals surface area contributed by atoms with E-state index in [9.17, 15) is 9.59 Å². The predicted octanol–water partition coefficient (Wildman–Crippen LogP) is 3.17. The van der Waals surface area contributed by atoms with E-state index in [0.29, 0.717) is 16.9 Å².